The Morgan fingerprint density at radius 3 is 2.78 bits per heavy atom. The fourth-order valence-corrected chi connectivity index (χ4v) is 1.91. The van der Waals surface area contributed by atoms with Crippen LogP contribution in [0.2, 0.25) is 5.02 Å². The monoisotopic (exact) mass is 261 g/mol. The smallest absolute Gasteiger partial charge is 0.138 e. The van der Waals surface area contributed by atoms with Crippen LogP contribution in [0, 0.1) is 25.2 Å². The standard InChI is InChI=1S/C13H12ClN3O/c1-8-11(9(2)18-17-8)7-16-13-4-3-10(6-15)5-12(13)14/h3-5,16H,7H2,1-2H3. The molecule has 1 N–H and O–H groups in total. The molecule has 0 aliphatic heterocycles. The van der Waals surface area contributed by atoms with Gasteiger partial charge in [0.25, 0.3) is 0 Å². The van der Waals surface area contributed by atoms with Crippen LogP contribution in [0.3, 0.4) is 0 Å². The summed E-state index contributed by atoms with van der Waals surface area (Å²) in [6, 6.07) is 7.20. The van der Waals surface area contributed by atoms with E-state index in [1.165, 1.54) is 0 Å². The van der Waals surface area contributed by atoms with Crippen LogP contribution in [0.4, 0.5) is 5.69 Å². The predicted octanol–water partition coefficient (Wildman–Crippen LogP) is 3.43. The summed E-state index contributed by atoms with van der Waals surface area (Å²) in [7, 11) is 0. The molecule has 0 aliphatic carbocycles. The molecule has 0 fully saturated rings. The lowest BCUT2D eigenvalue weighted by Crippen LogP contribution is -2.02. The zero-order valence-corrected chi connectivity index (χ0v) is 10.9. The first-order valence-corrected chi connectivity index (χ1v) is 5.85. The zero-order chi connectivity index (χ0) is 13.1. The molecular weight excluding hydrogens is 250 g/mol. The maximum Gasteiger partial charge on any atom is 0.138 e. The van der Waals surface area contributed by atoms with Gasteiger partial charge in [0.1, 0.15) is 5.76 Å². The Hall–Kier alpha value is -1.99. The lowest BCUT2D eigenvalue weighted by Gasteiger charge is -2.08. The largest absolute Gasteiger partial charge is 0.380 e. The van der Waals surface area contributed by atoms with Crippen LogP contribution in [0.1, 0.15) is 22.6 Å². The van der Waals surface area contributed by atoms with Gasteiger partial charge < -0.3 is 9.84 Å². The molecule has 4 nitrogen and oxygen atoms in total. The van der Waals surface area contributed by atoms with E-state index in [4.69, 9.17) is 21.4 Å². The van der Waals surface area contributed by atoms with E-state index in [9.17, 15) is 0 Å². The second-order valence-electron chi connectivity index (χ2n) is 3.96. The van der Waals surface area contributed by atoms with E-state index < -0.39 is 0 Å². The normalized spacial score (nSPS) is 10.1. The number of nitrogens with zero attached hydrogens (tertiary/aromatic N) is 2. The number of halogens is 1. The van der Waals surface area contributed by atoms with Gasteiger partial charge in [-0.1, -0.05) is 16.8 Å². The Morgan fingerprint density at radius 1 is 1.44 bits per heavy atom. The van der Waals surface area contributed by atoms with E-state index in [2.05, 4.69) is 10.5 Å². The molecule has 5 heteroatoms. The van der Waals surface area contributed by atoms with E-state index in [1.807, 2.05) is 19.9 Å². The lowest BCUT2D eigenvalue weighted by atomic mass is 10.2. The van der Waals surface area contributed by atoms with Crippen molar-refractivity contribution in [1.82, 2.24) is 5.16 Å². The summed E-state index contributed by atoms with van der Waals surface area (Å²) in [5.74, 6) is 0.796. The third kappa shape index (κ3) is 2.47. The molecule has 1 aromatic carbocycles. The van der Waals surface area contributed by atoms with Crippen molar-refractivity contribution in [3.8, 4) is 6.07 Å². The second-order valence-corrected chi connectivity index (χ2v) is 4.37. The minimum absolute atomic E-state index is 0.529. The third-order valence-corrected chi connectivity index (χ3v) is 3.05. The maximum absolute atomic E-state index is 8.76. The predicted molar refractivity (Wildman–Crippen MR) is 69.5 cm³/mol. The van der Waals surface area contributed by atoms with Gasteiger partial charge in [-0.25, -0.2) is 0 Å². The highest BCUT2D eigenvalue weighted by atomic mass is 35.5. The van der Waals surface area contributed by atoms with E-state index >= 15 is 0 Å². The first-order chi connectivity index (χ1) is 8.61. The van der Waals surface area contributed by atoms with Gasteiger partial charge >= 0.3 is 0 Å². The molecule has 18 heavy (non-hydrogen) atoms. The minimum atomic E-state index is 0.529. The fourth-order valence-electron chi connectivity index (χ4n) is 1.67. The maximum atomic E-state index is 8.76. The van der Waals surface area contributed by atoms with Crippen LogP contribution >= 0.6 is 11.6 Å². The van der Waals surface area contributed by atoms with Crippen molar-refractivity contribution in [1.29, 1.82) is 5.26 Å². The number of hydrogen-bond donors (Lipinski definition) is 1. The van der Waals surface area contributed by atoms with E-state index in [1.54, 1.807) is 18.2 Å². The average Bonchev–Trinajstić information content (AvgIpc) is 2.68. The topological polar surface area (TPSA) is 61.9 Å². The summed E-state index contributed by atoms with van der Waals surface area (Å²) >= 11 is 6.08. The number of rotatable bonds is 3. The van der Waals surface area contributed by atoms with Gasteiger partial charge in [-0.15, -0.1) is 0 Å². The molecule has 1 heterocycles. The Morgan fingerprint density at radius 2 is 2.22 bits per heavy atom. The molecule has 2 rings (SSSR count). The van der Waals surface area contributed by atoms with Crippen LogP contribution in [0.15, 0.2) is 22.7 Å². The highest BCUT2D eigenvalue weighted by Crippen LogP contribution is 2.24. The molecule has 1 aromatic heterocycles. The first kappa shape index (κ1) is 12.5. The van der Waals surface area contributed by atoms with Crippen molar-refractivity contribution >= 4 is 17.3 Å². The molecule has 0 radical (unpaired) electrons. The minimum Gasteiger partial charge on any atom is -0.380 e. The van der Waals surface area contributed by atoms with Crippen LogP contribution < -0.4 is 5.32 Å². The Labute approximate surface area is 110 Å². The summed E-state index contributed by atoms with van der Waals surface area (Å²) < 4.78 is 5.08. The summed E-state index contributed by atoms with van der Waals surface area (Å²) in [4.78, 5) is 0. The van der Waals surface area contributed by atoms with Crippen molar-refractivity contribution < 1.29 is 4.52 Å². The molecule has 0 bridgehead atoms. The number of anilines is 1. The number of nitrogens with one attached hydrogen (secondary N) is 1. The number of benzene rings is 1. The Balaban J connectivity index is 2.14. The van der Waals surface area contributed by atoms with Gasteiger partial charge in [-0.3, -0.25) is 0 Å². The van der Waals surface area contributed by atoms with Crippen molar-refractivity contribution in [3.63, 3.8) is 0 Å². The lowest BCUT2D eigenvalue weighted by molar-refractivity contribution is 0.392. The Bertz CT molecular complexity index is 594. The van der Waals surface area contributed by atoms with Gasteiger partial charge in [0.15, 0.2) is 0 Å². The number of aromatic nitrogens is 1. The van der Waals surface area contributed by atoms with Crippen molar-refractivity contribution in [2.24, 2.45) is 0 Å². The summed E-state index contributed by atoms with van der Waals surface area (Å²) in [6.45, 7) is 4.36. The average molecular weight is 262 g/mol. The SMILES string of the molecule is Cc1noc(C)c1CNc1ccc(C#N)cc1Cl. The van der Waals surface area contributed by atoms with Crippen molar-refractivity contribution in [2.75, 3.05) is 5.32 Å². The molecule has 0 unspecified atom stereocenters. The molecule has 0 atom stereocenters. The number of aryl methyl sites for hydroxylation is 2. The van der Waals surface area contributed by atoms with Crippen molar-refractivity contribution in [2.45, 2.75) is 20.4 Å². The van der Waals surface area contributed by atoms with Crippen LogP contribution in [-0.2, 0) is 6.54 Å². The molecular formula is C13H12ClN3O. The van der Waals surface area contributed by atoms with Gasteiger partial charge in [0.2, 0.25) is 0 Å². The summed E-state index contributed by atoms with van der Waals surface area (Å²) in [6.07, 6.45) is 0. The Kier molecular flexibility index (Phi) is 3.54. The quantitative estimate of drug-likeness (QED) is 0.919. The fraction of sp³-hybridized carbons (Fsp3) is 0.231. The number of nitriles is 1. The zero-order valence-electron chi connectivity index (χ0n) is 10.1. The van der Waals surface area contributed by atoms with Gasteiger partial charge in [0, 0.05) is 12.1 Å². The highest BCUT2D eigenvalue weighted by molar-refractivity contribution is 6.33. The van der Waals surface area contributed by atoms with Gasteiger partial charge in [-0.2, -0.15) is 5.26 Å². The molecule has 0 spiro atoms. The number of hydrogen-bond acceptors (Lipinski definition) is 4. The molecule has 92 valence electrons. The van der Waals surface area contributed by atoms with E-state index in [0.29, 0.717) is 17.1 Å². The molecule has 0 amide bonds. The molecule has 0 saturated heterocycles. The summed E-state index contributed by atoms with van der Waals surface area (Å²) in [5.41, 5.74) is 3.22. The molecule has 0 saturated carbocycles. The van der Waals surface area contributed by atoms with Crippen LogP contribution in [0.25, 0.3) is 0 Å². The second kappa shape index (κ2) is 5.11. The molecule has 2 aromatic rings. The first-order valence-electron chi connectivity index (χ1n) is 5.47. The molecule has 0 aliphatic rings. The van der Waals surface area contributed by atoms with Crippen molar-refractivity contribution in [3.05, 3.63) is 45.8 Å². The van der Waals surface area contributed by atoms with Gasteiger partial charge in [-0.05, 0) is 32.0 Å². The third-order valence-electron chi connectivity index (χ3n) is 2.74. The van der Waals surface area contributed by atoms with Crippen LogP contribution in [0.5, 0.6) is 0 Å². The summed E-state index contributed by atoms with van der Waals surface area (Å²) in [5, 5.41) is 16.4. The van der Waals surface area contributed by atoms with Crippen LogP contribution in [-0.4, -0.2) is 5.16 Å². The van der Waals surface area contributed by atoms with Gasteiger partial charge in [0.05, 0.1) is 28.0 Å². The van der Waals surface area contributed by atoms with E-state index in [-0.39, 0.29) is 0 Å². The van der Waals surface area contributed by atoms with E-state index in [0.717, 1.165) is 22.7 Å². The highest BCUT2D eigenvalue weighted by Gasteiger charge is 2.09.